The summed E-state index contributed by atoms with van der Waals surface area (Å²) in [5, 5.41) is 0. The molecule has 0 atom stereocenters. The Hall–Kier alpha value is -0.660. The second-order valence-electron chi connectivity index (χ2n) is 2.89. The Morgan fingerprint density at radius 2 is 1.80 bits per heavy atom. The number of hydrogen-bond acceptors (Lipinski definition) is 2. The molecule has 0 fully saturated rings. The van der Waals surface area contributed by atoms with Crippen molar-refractivity contribution in [2.75, 3.05) is 13.1 Å². The molecule has 1 aliphatic heterocycles. The Kier molecular flexibility index (Phi) is 2.20. The van der Waals surface area contributed by atoms with Crippen LogP contribution in [0.2, 0.25) is 0 Å². The summed E-state index contributed by atoms with van der Waals surface area (Å²) in [6.45, 7) is 8.11. The lowest BCUT2D eigenvalue weighted by atomic mass is 10.0. The van der Waals surface area contributed by atoms with Crippen LogP contribution in [0.1, 0.15) is 20.8 Å². The van der Waals surface area contributed by atoms with Crippen molar-refractivity contribution in [3.8, 4) is 0 Å². The molecule has 1 rings (SSSR count). The van der Waals surface area contributed by atoms with Gasteiger partial charge in [-0.1, -0.05) is 13.8 Å². The van der Waals surface area contributed by atoms with Gasteiger partial charge < -0.3 is 0 Å². The molecule has 0 saturated heterocycles. The van der Waals surface area contributed by atoms with Crippen molar-refractivity contribution in [1.82, 2.24) is 0 Å². The van der Waals surface area contributed by atoms with Crippen LogP contribution in [0, 0.1) is 5.92 Å². The SMILES string of the molecule is CC1=NCCN=C1C(C)C. The van der Waals surface area contributed by atoms with E-state index in [9.17, 15) is 0 Å². The summed E-state index contributed by atoms with van der Waals surface area (Å²) >= 11 is 0. The van der Waals surface area contributed by atoms with Crippen LogP contribution in [-0.2, 0) is 0 Å². The first-order valence-corrected chi connectivity index (χ1v) is 3.77. The number of aliphatic imine (C=N–C) groups is 2. The maximum absolute atomic E-state index is 4.40. The van der Waals surface area contributed by atoms with Gasteiger partial charge in [0.15, 0.2) is 0 Å². The van der Waals surface area contributed by atoms with Crippen molar-refractivity contribution in [2.45, 2.75) is 20.8 Å². The first kappa shape index (κ1) is 7.45. The Labute approximate surface area is 62.1 Å². The molecule has 1 aliphatic rings. The van der Waals surface area contributed by atoms with Crippen molar-refractivity contribution >= 4 is 11.4 Å². The lowest BCUT2D eigenvalue weighted by Crippen LogP contribution is -2.22. The molecule has 0 aromatic rings. The maximum Gasteiger partial charge on any atom is 0.0589 e. The van der Waals surface area contributed by atoms with Crippen LogP contribution >= 0.6 is 0 Å². The van der Waals surface area contributed by atoms with E-state index in [1.165, 1.54) is 5.71 Å². The van der Waals surface area contributed by atoms with E-state index in [1.54, 1.807) is 0 Å². The van der Waals surface area contributed by atoms with Gasteiger partial charge in [-0.3, -0.25) is 9.98 Å². The van der Waals surface area contributed by atoms with E-state index in [-0.39, 0.29) is 0 Å². The quantitative estimate of drug-likeness (QED) is 0.525. The Morgan fingerprint density at radius 1 is 1.20 bits per heavy atom. The molecule has 2 heteroatoms. The lowest BCUT2D eigenvalue weighted by Gasteiger charge is -2.13. The van der Waals surface area contributed by atoms with Gasteiger partial charge in [0.05, 0.1) is 24.5 Å². The summed E-state index contributed by atoms with van der Waals surface area (Å²) < 4.78 is 0. The van der Waals surface area contributed by atoms with Gasteiger partial charge in [-0.25, -0.2) is 0 Å². The van der Waals surface area contributed by atoms with Crippen LogP contribution in [0.4, 0.5) is 0 Å². The van der Waals surface area contributed by atoms with Crippen molar-refractivity contribution in [1.29, 1.82) is 0 Å². The average molecular weight is 138 g/mol. The lowest BCUT2D eigenvalue weighted by molar-refractivity contribution is 0.857. The monoisotopic (exact) mass is 138 g/mol. The van der Waals surface area contributed by atoms with Gasteiger partial charge in [0, 0.05) is 0 Å². The standard InChI is InChI=1S/C8H14N2/c1-6(2)8-7(3)9-4-5-10-8/h6H,4-5H2,1-3H3. The fraction of sp³-hybridized carbons (Fsp3) is 0.750. The van der Waals surface area contributed by atoms with Crippen molar-refractivity contribution in [2.24, 2.45) is 15.9 Å². The van der Waals surface area contributed by atoms with Crippen molar-refractivity contribution in [3.63, 3.8) is 0 Å². The smallest absolute Gasteiger partial charge is 0.0589 e. The van der Waals surface area contributed by atoms with Crippen LogP contribution in [0.25, 0.3) is 0 Å². The minimum absolute atomic E-state index is 0.532. The Balaban J connectivity index is 2.74. The summed E-state index contributed by atoms with van der Waals surface area (Å²) in [7, 11) is 0. The van der Waals surface area contributed by atoms with E-state index in [2.05, 4.69) is 23.8 Å². The summed E-state index contributed by atoms with van der Waals surface area (Å²) in [6.07, 6.45) is 0. The van der Waals surface area contributed by atoms with Gasteiger partial charge in [-0.2, -0.15) is 0 Å². The molecule has 1 heterocycles. The van der Waals surface area contributed by atoms with Gasteiger partial charge in [0.25, 0.3) is 0 Å². The zero-order chi connectivity index (χ0) is 7.56. The van der Waals surface area contributed by atoms with E-state index in [1.807, 2.05) is 6.92 Å². The van der Waals surface area contributed by atoms with Gasteiger partial charge >= 0.3 is 0 Å². The highest BCUT2D eigenvalue weighted by Crippen LogP contribution is 2.03. The minimum Gasteiger partial charge on any atom is -0.286 e. The molecular weight excluding hydrogens is 124 g/mol. The second-order valence-corrected chi connectivity index (χ2v) is 2.89. The van der Waals surface area contributed by atoms with Crippen LogP contribution < -0.4 is 0 Å². The van der Waals surface area contributed by atoms with Crippen LogP contribution in [0.3, 0.4) is 0 Å². The third-order valence-electron chi connectivity index (χ3n) is 1.65. The van der Waals surface area contributed by atoms with Gasteiger partial charge in [-0.15, -0.1) is 0 Å². The summed E-state index contributed by atoms with van der Waals surface area (Å²) in [5.74, 6) is 0.532. The van der Waals surface area contributed by atoms with Gasteiger partial charge in [0.2, 0.25) is 0 Å². The van der Waals surface area contributed by atoms with E-state index in [0.717, 1.165) is 18.8 Å². The average Bonchev–Trinajstić information content (AvgIpc) is 1.88. The molecule has 0 amide bonds. The highest BCUT2D eigenvalue weighted by Gasteiger charge is 2.10. The van der Waals surface area contributed by atoms with E-state index >= 15 is 0 Å². The third kappa shape index (κ3) is 1.43. The van der Waals surface area contributed by atoms with Gasteiger partial charge in [-0.05, 0) is 12.8 Å². The normalized spacial score (nSPS) is 18.8. The summed E-state index contributed by atoms with van der Waals surface area (Å²) in [6, 6.07) is 0. The predicted octanol–water partition coefficient (Wildman–Crippen LogP) is 1.56. The van der Waals surface area contributed by atoms with Crippen LogP contribution in [0.5, 0.6) is 0 Å². The van der Waals surface area contributed by atoms with Crippen molar-refractivity contribution < 1.29 is 0 Å². The van der Waals surface area contributed by atoms with E-state index < -0.39 is 0 Å². The zero-order valence-corrected chi connectivity index (χ0v) is 6.89. The Bertz CT molecular complexity index is 178. The number of nitrogens with zero attached hydrogens (tertiary/aromatic N) is 2. The van der Waals surface area contributed by atoms with Crippen LogP contribution in [-0.4, -0.2) is 24.5 Å². The maximum atomic E-state index is 4.40. The molecule has 0 unspecified atom stereocenters. The molecule has 0 N–H and O–H groups in total. The van der Waals surface area contributed by atoms with E-state index in [4.69, 9.17) is 0 Å². The van der Waals surface area contributed by atoms with Crippen LogP contribution in [0.15, 0.2) is 9.98 Å². The fourth-order valence-electron chi connectivity index (χ4n) is 1.18. The van der Waals surface area contributed by atoms with E-state index in [0.29, 0.717) is 5.92 Å². The predicted molar refractivity (Wildman–Crippen MR) is 45.1 cm³/mol. The number of rotatable bonds is 1. The van der Waals surface area contributed by atoms with Crippen molar-refractivity contribution in [3.05, 3.63) is 0 Å². The molecular formula is C8H14N2. The largest absolute Gasteiger partial charge is 0.286 e. The highest BCUT2D eigenvalue weighted by molar-refractivity contribution is 6.42. The molecule has 0 aromatic heterocycles. The molecule has 0 bridgehead atoms. The topological polar surface area (TPSA) is 24.7 Å². The third-order valence-corrected chi connectivity index (χ3v) is 1.65. The minimum atomic E-state index is 0.532. The molecule has 0 radical (unpaired) electrons. The zero-order valence-electron chi connectivity index (χ0n) is 6.89. The molecule has 0 aromatic carbocycles. The summed E-state index contributed by atoms with van der Waals surface area (Å²) in [4.78, 5) is 8.71. The molecule has 0 aliphatic carbocycles. The first-order valence-electron chi connectivity index (χ1n) is 3.77. The number of hydrogen-bond donors (Lipinski definition) is 0. The molecule has 0 saturated carbocycles. The Morgan fingerprint density at radius 3 is 2.20 bits per heavy atom. The second kappa shape index (κ2) is 2.95. The van der Waals surface area contributed by atoms with Gasteiger partial charge in [0.1, 0.15) is 0 Å². The molecule has 2 nitrogen and oxygen atoms in total. The molecule has 10 heavy (non-hydrogen) atoms. The first-order chi connectivity index (χ1) is 4.72. The highest BCUT2D eigenvalue weighted by atomic mass is 14.9. The summed E-state index contributed by atoms with van der Waals surface area (Å²) in [5.41, 5.74) is 2.31. The molecule has 56 valence electrons. The molecule has 0 spiro atoms. The fourth-order valence-corrected chi connectivity index (χ4v) is 1.18.